The van der Waals surface area contributed by atoms with Gasteiger partial charge in [0, 0.05) is 18.4 Å². The molecule has 1 heterocycles. The summed E-state index contributed by atoms with van der Waals surface area (Å²) in [6.07, 6.45) is 5.84. The van der Waals surface area contributed by atoms with Crippen LogP contribution in [0.15, 0.2) is 12.1 Å². The smallest absolute Gasteiger partial charge is 0.142 e. The minimum Gasteiger partial charge on any atom is -0.486 e. The molecule has 2 aliphatic rings. The number of halogens is 1. The maximum atomic E-state index is 6.43. The molecule has 1 fully saturated rings. The standard InChI is InChI=1S/C16H22ClNO/c1-15(2)9-11-7-12(8-13(17)14(11)19-15)16(10-18)5-3-4-6-16/h7-8H,3-6,9-10,18H2,1-2H3. The minimum atomic E-state index is -0.143. The summed E-state index contributed by atoms with van der Waals surface area (Å²) in [6, 6.07) is 4.37. The van der Waals surface area contributed by atoms with Crippen molar-refractivity contribution in [3.63, 3.8) is 0 Å². The molecule has 0 aromatic heterocycles. The molecule has 1 aliphatic carbocycles. The minimum absolute atomic E-state index is 0.143. The van der Waals surface area contributed by atoms with Crippen molar-refractivity contribution in [1.82, 2.24) is 0 Å². The van der Waals surface area contributed by atoms with Crippen molar-refractivity contribution in [3.05, 3.63) is 28.3 Å². The van der Waals surface area contributed by atoms with Gasteiger partial charge in [-0.3, -0.25) is 0 Å². The number of ether oxygens (including phenoxy) is 1. The molecule has 1 aromatic rings. The predicted molar refractivity (Wildman–Crippen MR) is 79.1 cm³/mol. The summed E-state index contributed by atoms with van der Waals surface area (Å²) in [7, 11) is 0. The van der Waals surface area contributed by atoms with E-state index in [-0.39, 0.29) is 11.0 Å². The zero-order valence-electron chi connectivity index (χ0n) is 11.8. The molecule has 0 amide bonds. The highest BCUT2D eigenvalue weighted by molar-refractivity contribution is 6.32. The first-order valence-electron chi connectivity index (χ1n) is 7.18. The molecule has 0 radical (unpaired) electrons. The van der Waals surface area contributed by atoms with Gasteiger partial charge in [-0.1, -0.05) is 30.5 Å². The Morgan fingerprint density at radius 2 is 1.95 bits per heavy atom. The van der Waals surface area contributed by atoms with Crippen molar-refractivity contribution < 1.29 is 4.74 Å². The van der Waals surface area contributed by atoms with E-state index in [0.717, 1.165) is 17.2 Å². The van der Waals surface area contributed by atoms with Crippen LogP contribution in [-0.4, -0.2) is 12.1 Å². The van der Waals surface area contributed by atoms with Crippen LogP contribution in [0.3, 0.4) is 0 Å². The second-order valence-electron chi connectivity index (χ2n) is 6.68. The molecule has 19 heavy (non-hydrogen) atoms. The summed E-state index contributed by atoms with van der Waals surface area (Å²) < 4.78 is 5.95. The summed E-state index contributed by atoms with van der Waals surface area (Å²) in [5, 5.41) is 0.748. The number of rotatable bonds is 2. The lowest BCUT2D eigenvalue weighted by molar-refractivity contribution is 0.138. The second-order valence-corrected chi connectivity index (χ2v) is 7.08. The van der Waals surface area contributed by atoms with Gasteiger partial charge in [0.15, 0.2) is 0 Å². The number of nitrogens with two attached hydrogens (primary N) is 1. The maximum absolute atomic E-state index is 6.43. The van der Waals surface area contributed by atoms with E-state index in [4.69, 9.17) is 22.1 Å². The average molecular weight is 280 g/mol. The lowest BCUT2D eigenvalue weighted by atomic mass is 9.78. The van der Waals surface area contributed by atoms with Crippen molar-refractivity contribution >= 4 is 11.6 Å². The Hall–Kier alpha value is -0.730. The molecule has 2 nitrogen and oxygen atoms in total. The fourth-order valence-corrected chi connectivity index (χ4v) is 3.91. The Kier molecular flexibility index (Phi) is 3.06. The van der Waals surface area contributed by atoms with Crippen molar-refractivity contribution in [1.29, 1.82) is 0 Å². The van der Waals surface area contributed by atoms with Gasteiger partial charge in [0.25, 0.3) is 0 Å². The molecule has 0 unspecified atom stereocenters. The van der Waals surface area contributed by atoms with Gasteiger partial charge < -0.3 is 10.5 Å². The van der Waals surface area contributed by atoms with Crippen LogP contribution >= 0.6 is 11.6 Å². The van der Waals surface area contributed by atoms with Gasteiger partial charge in [0.05, 0.1) is 5.02 Å². The van der Waals surface area contributed by atoms with Gasteiger partial charge in [-0.05, 0) is 43.9 Å². The van der Waals surface area contributed by atoms with Crippen molar-refractivity contribution in [2.24, 2.45) is 5.73 Å². The van der Waals surface area contributed by atoms with Crippen LogP contribution in [-0.2, 0) is 11.8 Å². The molecular formula is C16H22ClNO. The van der Waals surface area contributed by atoms with Crippen molar-refractivity contribution in [3.8, 4) is 5.75 Å². The number of fused-ring (bicyclic) bond motifs is 1. The maximum Gasteiger partial charge on any atom is 0.142 e. The molecule has 3 heteroatoms. The first-order valence-corrected chi connectivity index (χ1v) is 7.56. The van der Waals surface area contributed by atoms with Crippen LogP contribution in [0, 0.1) is 0 Å². The Morgan fingerprint density at radius 1 is 1.26 bits per heavy atom. The fraction of sp³-hybridized carbons (Fsp3) is 0.625. The number of benzene rings is 1. The zero-order chi connectivity index (χ0) is 13.7. The first kappa shape index (κ1) is 13.3. The van der Waals surface area contributed by atoms with E-state index in [1.54, 1.807) is 0 Å². The summed E-state index contributed by atoms with van der Waals surface area (Å²) >= 11 is 6.43. The summed E-state index contributed by atoms with van der Waals surface area (Å²) in [4.78, 5) is 0. The Balaban J connectivity index is 2.04. The predicted octanol–water partition coefficient (Wildman–Crippen LogP) is 3.82. The third kappa shape index (κ3) is 2.15. The molecular weight excluding hydrogens is 258 g/mol. The summed E-state index contributed by atoms with van der Waals surface area (Å²) in [5.74, 6) is 0.876. The quantitative estimate of drug-likeness (QED) is 0.893. The summed E-state index contributed by atoms with van der Waals surface area (Å²) in [6.45, 7) is 4.93. The highest BCUT2D eigenvalue weighted by Gasteiger charge is 2.38. The van der Waals surface area contributed by atoms with E-state index in [9.17, 15) is 0 Å². The van der Waals surface area contributed by atoms with Crippen LogP contribution < -0.4 is 10.5 Å². The Morgan fingerprint density at radius 3 is 2.58 bits per heavy atom. The topological polar surface area (TPSA) is 35.2 Å². The van der Waals surface area contributed by atoms with E-state index in [1.165, 1.54) is 36.8 Å². The SMILES string of the molecule is CC1(C)Cc2cc(C3(CN)CCCC3)cc(Cl)c2O1. The van der Waals surface area contributed by atoms with E-state index < -0.39 is 0 Å². The molecule has 1 saturated carbocycles. The van der Waals surface area contributed by atoms with E-state index in [1.807, 2.05) is 0 Å². The Labute approximate surface area is 120 Å². The summed E-state index contributed by atoms with van der Waals surface area (Å²) in [5.41, 5.74) is 8.64. The monoisotopic (exact) mass is 279 g/mol. The van der Waals surface area contributed by atoms with Gasteiger partial charge in [-0.25, -0.2) is 0 Å². The normalized spacial score (nSPS) is 23.2. The van der Waals surface area contributed by atoms with E-state index >= 15 is 0 Å². The zero-order valence-corrected chi connectivity index (χ0v) is 12.5. The largest absolute Gasteiger partial charge is 0.486 e. The molecule has 0 saturated heterocycles. The third-order valence-electron chi connectivity index (χ3n) is 4.68. The van der Waals surface area contributed by atoms with Crippen LogP contribution in [0.5, 0.6) is 5.75 Å². The first-order chi connectivity index (χ1) is 8.96. The van der Waals surface area contributed by atoms with Crippen LogP contribution in [0.2, 0.25) is 5.02 Å². The lowest BCUT2D eigenvalue weighted by Crippen LogP contribution is -2.32. The molecule has 3 rings (SSSR count). The molecule has 0 atom stereocenters. The molecule has 0 bridgehead atoms. The van der Waals surface area contributed by atoms with Gasteiger partial charge in [-0.15, -0.1) is 0 Å². The molecule has 0 spiro atoms. The van der Waals surface area contributed by atoms with Crippen LogP contribution in [0.25, 0.3) is 0 Å². The highest BCUT2D eigenvalue weighted by Crippen LogP contribution is 2.46. The van der Waals surface area contributed by atoms with Crippen LogP contribution in [0.4, 0.5) is 0 Å². The van der Waals surface area contributed by atoms with Crippen molar-refractivity contribution in [2.45, 2.75) is 57.0 Å². The second kappa shape index (κ2) is 4.39. The molecule has 104 valence electrons. The number of hydrogen-bond acceptors (Lipinski definition) is 2. The molecule has 2 N–H and O–H groups in total. The van der Waals surface area contributed by atoms with Gasteiger partial charge in [-0.2, -0.15) is 0 Å². The van der Waals surface area contributed by atoms with Gasteiger partial charge in [0.1, 0.15) is 11.4 Å². The van der Waals surface area contributed by atoms with Gasteiger partial charge in [0.2, 0.25) is 0 Å². The fourth-order valence-electron chi connectivity index (χ4n) is 3.64. The van der Waals surface area contributed by atoms with Gasteiger partial charge >= 0.3 is 0 Å². The molecule has 1 aliphatic heterocycles. The molecule has 1 aromatic carbocycles. The Bertz CT molecular complexity index is 504. The average Bonchev–Trinajstić information content (AvgIpc) is 2.93. The lowest BCUT2D eigenvalue weighted by Gasteiger charge is -2.28. The van der Waals surface area contributed by atoms with Crippen molar-refractivity contribution in [2.75, 3.05) is 6.54 Å². The van der Waals surface area contributed by atoms with E-state index in [2.05, 4.69) is 26.0 Å². The third-order valence-corrected chi connectivity index (χ3v) is 4.96. The number of hydrogen-bond donors (Lipinski definition) is 1. The van der Waals surface area contributed by atoms with E-state index in [0.29, 0.717) is 6.54 Å². The highest BCUT2D eigenvalue weighted by atomic mass is 35.5. The van der Waals surface area contributed by atoms with Crippen LogP contribution in [0.1, 0.15) is 50.7 Å².